The first-order valence-electron chi connectivity index (χ1n) is 10.8. The van der Waals surface area contributed by atoms with E-state index in [2.05, 4.69) is 16.3 Å². The number of amides is 2. The van der Waals surface area contributed by atoms with Gasteiger partial charge in [0.2, 0.25) is 0 Å². The van der Waals surface area contributed by atoms with Gasteiger partial charge in [0.05, 0.1) is 20.3 Å². The summed E-state index contributed by atoms with van der Waals surface area (Å²) in [7, 11) is 3.19. The SMILES string of the molecule is COc1ccc(C(O)C(C)N2CCC(N3Cc4ccccc4NC3=O)CC2)cc1OC. The average molecular weight is 426 g/mol. The number of fused-ring (bicyclic) bond motifs is 1. The lowest BCUT2D eigenvalue weighted by Crippen LogP contribution is -2.52. The predicted molar refractivity (Wildman–Crippen MR) is 120 cm³/mol. The number of aliphatic hydroxyl groups is 1. The Morgan fingerprint density at radius 1 is 1.06 bits per heavy atom. The first-order chi connectivity index (χ1) is 15.0. The minimum Gasteiger partial charge on any atom is -0.493 e. The Hall–Kier alpha value is -2.77. The van der Waals surface area contributed by atoms with Crippen molar-refractivity contribution in [1.29, 1.82) is 0 Å². The van der Waals surface area contributed by atoms with E-state index >= 15 is 0 Å². The number of anilines is 1. The van der Waals surface area contributed by atoms with Crippen LogP contribution in [-0.2, 0) is 6.54 Å². The van der Waals surface area contributed by atoms with Gasteiger partial charge in [-0.1, -0.05) is 24.3 Å². The summed E-state index contributed by atoms with van der Waals surface area (Å²) in [6.45, 7) is 4.37. The van der Waals surface area contributed by atoms with Crippen LogP contribution in [0, 0.1) is 0 Å². The number of nitrogens with zero attached hydrogens (tertiary/aromatic N) is 2. The molecule has 0 aromatic heterocycles. The highest BCUT2D eigenvalue weighted by atomic mass is 16.5. The van der Waals surface area contributed by atoms with E-state index in [0.717, 1.165) is 42.7 Å². The molecule has 2 atom stereocenters. The molecule has 4 rings (SSSR count). The zero-order valence-electron chi connectivity index (χ0n) is 18.4. The third-order valence-electron chi connectivity index (χ3n) is 6.58. The van der Waals surface area contributed by atoms with Gasteiger partial charge in [0, 0.05) is 37.4 Å². The molecule has 31 heavy (non-hydrogen) atoms. The molecule has 0 spiro atoms. The first-order valence-corrected chi connectivity index (χ1v) is 10.8. The maximum atomic E-state index is 12.6. The molecule has 2 N–H and O–H groups in total. The molecule has 2 aliphatic heterocycles. The van der Waals surface area contributed by atoms with Crippen LogP contribution >= 0.6 is 0 Å². The quantitative estimate of drug-likeness (QED) is 0.739. The van der Waals surface area contributed by atoms with E-state index in [1.165, 1.54) is 0 Å². The van der Waals surface area contributed by atoms with Crippen molar-refractivity contribution in [2.45, 2.75) is 44.5 Å². The summed E-state index contributed by atoms with van der Waals surface area (Å²) in [6, 6.07) is 13.6. The number of nitrogens with one attached hydrogen (secondary N) is 1. The molecular formula is C24H31N3O4. The highest BCUT2D eigenvalue weighted by Gasteiger charge is 2.34. The van der Waals surface area contributed by atoms with E-state index in [1.807, 2.05) is 48.2 Å². The Labute approximate surface area is 183 Å². The van der Waals surface area contributed by atoms with E-state index in [1.54, 1.807) is 14.2 Å². The second-order valence-electron chi connectivity index (χ2n) is 8.28. The van der Waals surface area contributed by atoms with Crippen LogP contribution in [0.25, 0.3) is 0 Å². The molecule has 0 bridgehead atoms. The van der Waals surface area contributed by atoms with E-state index in [9.17, 15) is 9.90 Å². The Balaban J connectivity index is 1.38. The van der Waals surface area contributed by atoms with Gasteiger partial charge in [-0.25, -0.2) is 4.79 Å². The summed E-state index contributed by atoms with van der Waals surface area (Å²) in [5.41, 5.74) is 2.87. The first kappa shape index (κ1) is 21.5. The fourth-order valence-corrected chi connectivity index (χ4v) is 4.64. The zero-order chi connectivity index (χ0) is 22.0. The minimum atomic E-state index is -0.637. The second-order valence-corrected chi connectivity index (χ2v) is 8.28. The van der Waals surface area contributed by atoms with Gasteiger partial charge in [0.25, 0.3) is 0 Å². The van der Waals surface area contributed by atoms with Gasteiger partial charge in [-0.15, -0.1) is 0 Å². The highest BCUT2D eigenvalue weighted by molar-refractivity contribution is 5.92. The summed E-state index contributed by atoms with van der Waals surface area (Å²) in [5.74, 6) is 1.26. The predicted octanol–water partition coefficient (Wildman–Crippen LogP) is 3.64. The molecule has 2 unspecified atom stereocenters. The Kier molecular flexibility index (Phi) is 6.34. The van der Waals surface area contributed by atoms with Crippen molar-refractivity contribution in [3.05, 3.63) is 53.6 Å². The molecule has 2 heterocycles. The summed E-state index contributed by atoms with van der Waals surface area (Å²) >= 11 is 0. The van der Waals surface area contributed by atoms with Crippen LogP contribution in [0.15, 0.2) is 42.5 Å². The number of para-hydroxylation sites is 1. The van der Waals surface area contributed by atoms with Crippen LogP contribution in [-0.4, -0.2) is 60.3 Å². The van der Waals surface area contributed by atoms with Gasteiger partial charge >= 0.3 is 6.03 Å². The van der Waals surface area contributed by atoms with E-state index in [-0.39, 0.29) is 18.1 Å². The number of benzene rings is 2. The van der Waals surface area contributed by atoms with Crippen molar-refractivity contribution >= 4 is 11.7 Å². The number of hydrogen-bond acceptors (Lipinski definition) is 5. The van der Waals surface area contributed by atoms with Gasteiger partial charge in [-0.3, -0.25) is 4.90 Å². The zero-order valence-corrected chi connectivity index (χ0v) is 18.4. The molecule has 166 valence electrons. The molecule has 2 aliphatic rings. The molecule has 7 nitrogen and oxygen atoms in total. The molecule has 2 aromatic carbocycles. The second kappa shape index (κ2) is 9.16. The van der Waals surface area contributed by atoms with Gasteiger partial charge in [0.1, 0.15) is 0 Å². The van der Waals surface area contributed by atoms with E-state index < -0.39 is 6.10 Å². The molecule has 1 fully saturated rings. The number of hydrogen-bond donors (Lipinski definition) is 2. The van der Waals surface area contributed by atoms with Gasteiger partial charge in [-0.2, -0.15) is 0 Å². The number of likely N-dealkylation sites (tertiary alicyclic amines) is 1. The molecular weight excluding hydrogens is 394 g/mol. The molecule has 7 heteroatoms. The van der Waals surface area contributed by atoms with Crippen molar-refractivity contribution in [3.8, 4) is 11.5 Å². The lowest BCUT2D eigenvalue weighted by atomic mass is 9.96. The number of ether oxygens (including phenoxy) is 2. The Morgan fingerprint density at radius 3 is 2.48 bits per heavy atom. The van der Waals surface area contributed by atoms with Crippen LogP contribution in [0.1, 0.15) is 37.0 Å². The van der Waals surface area contributed by atoms with Crippen LogP contribution in [0.4, 0.5) is 10.5 Å². The van der Waals surface area contributed by atoms with E-state index in [4.69, 9.17) is 9.47 Å². The van der Waals surface area contributed by atoms with Crippen molar-refractivity contribution in [2.75, 3.05) is 32.6 Å². The fraction of sp³-hybridized carbons (Fsp3) is 0.458. The van der Waals surface area contributed by atoms with Crippen LogP contribution < -0.4 is 14.8 Å². The van der Waals surface area contributed by atoms with Crippen LogP contribution in [0.2, 0.25) is 0 Å². The summed E-state index contributed by atoms with van der Waals surface area (Å²) < 4.78 is 10.7. The molecule has 0 aliphatic carbocycles. The standard InChI is InChI=1S/C24H31N3O4/c1-16(23(28)17-8-9-21(30-2)22(14-17)31-3)26-12-10-19(11-13-26)27-15-18-6-4-5-7-20(18)25-24(27)29/h4-9,14,16,19,23,28H,10-13,15H2,1-3H3,(H,25,29). The summed E-state index contributed by atoms with van der Waals surface area (Å²) in [6.07, 6.45) is 1.14. The van der Waals surface area contributed by atoms with Gasteiger partial charge < -0.3 is 24.8 Å². The normalized spacial score (nSPS) is 19.4. The smallest absolute Gasteiger partial charge is 0.322 e. The van der Waals surface area contributed by atoms with E-state index in [0.29, 0.717) is 18.0 Å². The molecule has 0 radical (unpaired) electrons. The maximum absolute atomic E-state index is 12.6. The summed E-state index contributed by atoms with van der Waals surface area (Å²) in [5, 5.41) is 14.0. The topological polar surface area (TPSA) is 74.3 Å². The molecule has 2 aromatic rings. The number of carbonyl (C=O) groups is 1. The maximum Gasteiger partial charge on any atom is 0.322 e. The number of methoxy groups -OCH3 is 2. The van der Waals surface area contributed by atoms with Gasteiger partial charge in [0.15, 0.2) is 11.5 Å². The van der Waals surface area contributed by atoms with Crippen LogP contribution in [0.5, 0.6) is 11.5 Å². The fourth-order valence-electron chi connectivity index (χ4n) is 4.64. The van der Waals surface area contributed by atoms with Gasteiger partial charge in [-0.05, 0) is 49.1 Å². The summed E-state index contributed by atoms with van der Waals surface area (Å²) in [4.78, 5) is 16.9. The monoisotopic (exact) mass is 425 g/mol. The highest BCUT2D eigenvalue weighted by Crippen LogP contribution is 2.33. The lowest BCUT2D eigenvalue weighted by molar-refractivity contribution is 0.0299. The third kappa shape index (κ3) is 4.34. The lowest BCUT2D eigenvalue weighted by Gasteiger charge is -2.43. The van der Waals surface area contributed by atoms with Crippen molar-refractivity contribution < 1.29 is 19.4 Å². The molecule has 2 amide bonds. The number of aliphatic hydroxyl groups excluding tert-OH is 1. The largest absolute Gasteiger partial charge is 0.493 e. The Morgan fingerprint density at radius 2 is 1.77 bits per heavy atom. The van der Waals surface area contributed by atoms with Crippen LogP contribution in [0.3, 0.4) is 0 Å². The number of urea groups is 1. The van der Waals surface area contributed by atoms with Crippen molar-refractivity contribution in [2.24, 2.45) is 0 Å². The molecule has 0 saturated carbocycles. The average Bonchev–Trinajstić information content (AvgIpc) is 2.82. The minimum absolute atomic E-state index is 0.0180. The third-order valence-corrected chi connectivity index (χ3v) is 6.58. The van der Waals surface area contributed by atoms with Crippen molar-refractivity contribution in [3.63, 3.8) is 0 Å². The molecule has 1 saturated heterocycles. The number of rotatable bonds is 6. The number of piperidine rings is 1. The van der Waals surface area contributed by atoms with Crippen molar-refractivity contribution in [1.82, 2.24) is 9.80 Å². The Bertz CT molecular complexity index is 927. The number of carbonyl (C=O) groups excluding carboxylic acids is 1.